The molecule has 0 aliphatic carbocycles. The number of nitrogens with zero attached hydrogens (tertiary/aromatic N) is 3. The van der Waals surface area contributed by atoms with Gasteiger partial charge in [-0.2, -0.15) is 18.3 Å². The molecule has 0 aliphatic rings. The average Bonchev–Trinajstić information content (AvgIpc) is 2.88. The molecule has 0 radical (unpaired) electrons. The number of hydrogen-bond donors (Lipinski definition) is 0. The highest BCUT2D eigenvalue weighted by Crippen LogP contribution is 2.27. The van der Waals surface area contributed by atoms with Crippen LogP contribution in [0.5, 0.6) is 0 Å². The smallest absolute Gasteiger partial charge is 0.266 e. The summed E-state index contributed by atoms with van der Waals surface area (Å²) < 4.78 is 38.3. The van der Waals surface area contributed by atoms with Crippen molar-refractivity contribution in [3.63, 3.8) is 0 Å². The van der Waals surface area contributed by atoms with Gasteiger partial charge in [0, 0.05) is 11.6 Å². The second kappa shape index (κ2) is 5.09. The van der Waals surface area contributed by atoms with Crippen LogP contribution >= 0.6 is 11.3 Å². The second-order valence-electron chi connectivity index (χ2n) is 3.88. The van der Waals surface area contributed by atoms with Crippen molar-refractivity contribution in [1.82, 2.24) is 14.8 Å². The van der Waals surface area contributed by atoms with Gasteiger partial charge in [0.15, 0.2) is 5.69 Å². The van der Waals surface area contributed by atoms with Gasteiger partial charge in [-0.1, -0.05) is 6.92 Å². The van der Waals surface area contributed by atoms with E-state index >= 15 is 0 Å². The molecule has 2 aromatic heterocycles. The molecule has 0 bridgehead atoms. The minimum absolute atomic E-state index is 0.274. The molecule has 0 unspecified atom stereocenters. The molecule has 0 saturated carbocycles. The zero-order valence-electron chi connectivity index (χ0n) is 9.74. The maximum Gasteiger partial charge on any atom is 0.435 e. The van der Waals surface area contributed by atoms with Gasteiger partial charge in [-0.15, -0.1) is 11.3 Å². The summed E-state index contributed by atoms with van der Waals surface area (Å²) >= 11 is 1.53. The van der Waals surface area contributed by atoms with Crippen molar-refractivity contribution in [3.8, 4) is 0 Å². The summed E-state index contributed by atoms with van der Waals surface area (Å²) in [5.74, 6) is 0. The number of aryl methyl sites for hydroxylation is 1. The fourth-order valence-corrected chi connectivity index (χ4v) is 2.41. The van der Waals surface area contributed by atoms with Crippen LogP contribution < -0.4 is 0 Å². The Kier molecular flexibility index (Phi) is 3.70. The number of hydrogen-bond acceptors (Lipinski definition) is 3. The van der Waals surface area contributed by atoms with E-state index in [9.17, 15) is 13.2 Å². The van der Waals surface area contributed by atoms with Crippen LogP contribution in [0.1, 0.15) is 29.7 Å². The van der Waals surface area contributed by atoms with Crippen molar-refractivity contribution >= 4 is 11.3 Å². The molecule has 0 aromatic carbocycles. The molecule has 0 aliphatic heterocycles. The molecule has 0 spiro atoms. The van der Waals surface area contributed by atoms with Crippen LogP contribution in [0.4, 0.5) is 13.2 Å². The zero-order valence-corrected chi connectivity index (χ0v) is 10.6. The van der Waals surface area contributed by atoms with E-state index < -0.39 is 11.9 Å². The van der Waals surface area contributed by atoms with Crippen molar-refractivity contribution in [2.24, 2.45) is 0 Å². The summed E-state index contributed by atoms with van der Waals surface area (Å²) in [5, 5.41) is 6.36. The van der Waals surface area contributed by atoms with E-state index in [1.54, 1.807) is 0 Å². The van der Waals surface area contributed by atoms with E-state index in [1.807, 2.05) is 5.38 Å². The van der Waals surface area contributed by atoms with Gasteiger partial charge in [-0.05, 0) is 18.9 Å². The summed E-state index contributed by atoms with van der Waals surface area (Å²) in [6.07, 6.45) is -1.16. The molecule has 0 amide bonds. The molecule has 98 valence electrons. The fraction of sp³-hybridized carbons (Fsp3) is 0.455. The Hall–Kier alpha value is -1.37. The molecular weight excluding hydrogens is 263 g/mol. The standard InChI is InChI=1S/C11H12F3N3S/c1-2-3-10-15-8(7-18-10)6-17-5-4-9(16-17)11(12,13)14/h4-5,7H,2-3,6H2,1H3. The average molecular weight is 275 g/mol. The first-order chi connectivity index (χ1) is 8.49. The van der Waals surface area contributed by atoms with Crippen LogP contribution in [-0.2, 0) is 19.1 Å². The third kappa shape index (κ3) is 3.10. The first-order valence-electron chi connectivity index (χ1n) is 5.53. The SMILES string of the molecule is CCCc1nc(Cn2ccc(C(F)(F)F)n2)cs1. The lowest BCUT2D eigenvalue weighted by molar-refractivity contribution is -0.141. The Morgan fingerprint density at radius 2 is 2.17 bits per heavy atom. The summed E-state index contributed by atoms with van der Waals surface area (Å²) in [5.41, 5.74) is -0.119. The lowest BCUT2D eigenvalue weighted by Crippen LogP contribution is -2.08. The highest BCUT2D eigenvalue weighted by molar-refractivity contribution is 7.09. The van der Waals surface area contributed by atoms with Crippen LogP contribution in [0.25, 0.3) is 0 Å². The normalized spacial score (nSPS) is 12.0. The Morgan fingerprint density at radius 3 is 2.78 bits per heavy atom. The Balaban J connectivity index is 2.06. The van der Waals surface area contributed by atoms with E-state index in [2.05, 4.69) is 17.0 Å². The third-order valence-corrected chi connectivity index (χ3v) is 3.28. The molecule has 0 atom stereocenters. The van der Waals surface area contributed by atoms with Gasteiger partial charge in [0.2, 0.25) is 0 Å². The molecule has 3 nitrogen and oxygen atoms in total. The number of rotatable bonds is 4. The van der Waals surface area contributed by atoms with Crippen molar-refractivity contribution in [2.75, 3.05) is 0 Å². The van der Waals surface area contributed by atoms with Crippen molar-refractivity contribution in [2.45, 2.75) is 32.5 Å². The number of halogens is 3. The maximum absolute atomic E-state index is 12.4. The van der Waals surface area contributed by atoms with Gasteiger partial charge in [-0.25, -0.2) is 4.98 Å². The maximum atomic E-state index is 12.4. The van der Waals surface area contributed by atoms with Gasteiger partial charge >= 0.3 is 6.18 Å². The molecule has 7 heteroatoms. The molecular formula is C11H12F3N3S. The number of alkyl halides is 3. The highest BCUT2D eigenvalue weighted by Gasteiger charge is 2.33. The van der Waals surface area contributed by atoms with Crippen LogP contribution in [0, 0.1) is 0 Å². The van der Waals surface area contributed by atoms with Crippen LogP contribution in [0.3, 0.4) is 0 Å². The molecule has 2 rings (SSSR count). The quantitative estimate of drug-likeness (QED) is 0.856. The molecule has 0 N–H and O–H groups in total. The van der Waals surface area contributed by atoms with E-state index in [-0.39, 0.29) is 6.54 Å². The molecule has 0 fully saturated rings. The topological polar surface area (TPSA) is 30.7 Å². The van der Waals surface area contributed by atoms with Gasteiger partial charge in [-0.3, -0.25) is 4.68 Å². The zero-order chi connectivity index (χ0) is 13.2. The van der Waals surface area contributed by atoms with E-state index in [0.29, 0.717) is 0 Å². The van der Waals surface area contributed by atoms with Crippen molar-refractivity contribution in [1.29, 1.82) is 0 Å². The Labute approximate surface area is 106 Å². The van der Waals surface area contributed by atoms with Gasteiger partial charge in [0.25, 0.3) is 0 Å². The van der Waals surface area contributed by atoms with Gasteiger partial charge in [0.05, 0.1) is 17.2 Å². The first kappa shape index (κ1) is 13.1. The molecule has 0 saturated heterocycles. The minimum atomic E-state index is -4.39. The van der Waals surface area contributed by atoms with Gasteiger partial charge < -0.3 is 0 Å². The number of thiazole rings is 1. The summed E-state index contributed by atoms with van der Waals surface area (Å²) in [6.45, 7) is 2.33. The summed E-state index contributed by atoms with van der Waals surface area (Å²) in [4.78, 5) is 4.34. The van der Waals surface area contributed by atoms with Gasteiger partial charge in [0.1, 0.15) is 0 Å². The lowest BCUT2D eigenvalue weighted by atomic mass is 10.3. The van der Waals surface area contributed by atoms with E-state index in [1.165, 1.54) is 22.2 Å². The number of aromatic nitrogens is 3. The fourth-order valence-electron chi connectivity index (χ4n) is 1.52. The minimum Gasteiger partial charge on any atom is -0.266 e. The highest BCUT2D eigenvalue weighted by atomic mass is 32.1. The van der Waals surface area contributed by atoms with E-state index in [4.69, 9.17) is 0 Å². The van der Waals surface area contributed by atoms with Crippen LogP contribution in [0.15, 0.2) is 17.6 Å². The summed E-state index contributed by atoms with van der Waals surface area (Å²) in [7, 11) is 0. The predicted molar refractivity (Wildman–Crippen MR) is 62.4 cm³/mol. The molecule has 2 aromatic rings. The third-order valence-electron chi connectivity index (χ3n) is 2.32. The van der Waals surface area contributed by atoms with Crippen LogP contribution in [0.2, 0.25) is 0 Å². The summed E-state index contributed by atoms with van der Waals surface area (Å²) in [6, 6.07) is 0.972. The Morgan fingerprint density at radius 1 is 1.39 bits per heavy atom. The molecule has 2 heterocycles. The second-order valence-corrected chi connectivity index (χ2v) is 4.82. The van der Waals surface area contributed by atoms with Crippen molar-refractivity contribution < 1.29 is 13.2 Å². The van der Waals surface area contributed by atoms with Crippen molar-refractivity contribution in [3.05, 3.63) is 34.0 Å². The molecule has 18 heavy (non-hydrogen) atoms. The van der Waals surface area contributed by atoms with E-state index in [0.717, 1.165) is 29.6 Å². The predicted octanol–water partition coefficient (Wildman–Crippen LogP) is 3.36. The largest absolute Gasteiger partial charge is 0.435 e. The van der Waals surface area contributed by atoms with Crippen LogP contribution in [-0.4, -0.2) is 14.8 Å². The first-order valence-corrected chi connectivity index (χ1v) is 6.41. The Bertz CT molecular complexity index is 516. The monoisotopic (exact) mass is 275 g/mol. The lowest BCUT2D eigenvalue weighted by Gasteiger charge is -2.01.